The van der Waals surface area contributed by atoms with Crippen molar-refractivity contribution < 1.29 is 9.13 Å². The van der Waals surface area contributed by atoms with Crippen molar-refractivity contribution in [1.82, 2.24) is 15.0 Å². The summed E-state index contributed by atoms with van der Waals surface area (Å²) >= 11 is 1.26. The van der Waals surface area contributed by atoms with Gasteiger partial charge < -0.3 is 4.74 Å². The summed E-state index contributed by atoms with van der Waals surface area (Å²) in [6.07, 6.45) is 0. The first-order valence-corrected chi connectivity index (χ1v) is 7.28. The maximum Gasteiger partial charge on any atom is 0.165 e. The molecule has 21 heavy (non-hydrogen) atoms. The van der Waals surface area contributed by atoms with Crippen molar-refractivity contribution in [3.8, 4) is 5.75 Å². The number of ether oxygens (including phenoxy) is 1. The van der Waals surface area contributed by atoms with Gasteiger partial charge in [0.1, 0.15) is 0 Å². The van der Waals surface area contributed by atoms with Gasteiger partial charge in [0.05, 0.1) is 23.7 Å². The van der Waals surface area contributed by atoms with Crippen LogP contribution in [0.2, 0.25) is 0 Å². The Bertz CT molecular complexity index is 624. The highest BCUT2D eigenvalue weighted by molar-refractivity contribution is 7.05. The molecule has 0 spiro atoms. The maximum atomic E-state index is 13.9. The number of benzene rings is 1. The third kappa shape index (κ3) is 3.20. The molecule has 0 bridgehead atoms. The Hall–Kier alpha value is -1.57. The minimum Gasteiger partial charge on any atom is -0.494 e. The predicted octanol–water partition coefficient (Wildman–Crippen LogP) is 2.54. The van der Waals surface area contributed by atoms with E-state index in [9.17, 15) is 4.39 Å². The van der Waals surface area contributed by atoms with E-state index in [1.165, 1.54) is 24.7 Å². The average molecular weight is 310 g/mol. The van der Waals surface area contributed by atoms with Gasteiger partial charge in [0.2, 0.25) is 0 Å². The molecule has 0 amide bonds. The van der Waals surface area contributed by atoms with E-state index in [1.54, 1.807) is 12.1 Å². The molecule has 1 aromatic heterocycles. The SMILES string of the molecule is COc1ccc(C(NN)c2snnc2C(C)(C)C)cc1F. The molecule has 2 rings (SSSR count). The summed E-state index contributed by atoms with van der Waals surface area (Å²) in [6, 6.07) is 4.41. The highest BCUT2D eigenvalue weighted by atomic mass is 32.1. The molecule has 2 aromatic rings. The monoisotopic (exact) mass is 310 g/mol. The van der Waals surface area contributed by atoms with Gasteiger partial charge in [0.15, 0.2) is 11.6 Å². The van der Waals surface area contributed by atoms with Gasteiger partial charge >= 0.3 is 0 Å². The summed E-state index contributed by atoms with van der Waals surface area (Å²) in [5.41, 5.74) is 4.11. The minimum atomic E-state index is -0.426. The maximum absolute atomic E-state index is 13.9. The molecule has 1 unspecified atom stereocenters. The summed E-state index contributed by atoms with van der Waals surface area (Å²) in [6.45, 7) is 6.15. The van der Waals surface area contributed by atoms with Crippen LogP contribution in [0.3, 0.4) is 0 Å². The van der Waals surface area contributed by atoms with Crippen LogP contribution in [0, 0.1) is 5.82 Å². The molecule has 7 heteroatoms. The number of hydrogen-bond acceptors (Lipinski definition) is 6. The van der Waals surface area contributed by atoms with Crippen molar-refractivity contribution in [1.29, 1.82) is 0 Å². The Morgan fingerprint density at radius 1 is 1.38 bits per heavy atom. The lowest BCUT2D eigenvalue weighted by atomic mass is 9.89. The lowest BCUT2D eigenvalue weighted by molar-refractivity contribution is 0.385. The fraction of sp³-hybridized carbons (Fsp3) is 0.429. The van der Waals surface area contributed by atoms with Crippen molar-refractivity contribution in [3.05, 3.63) is 40.2 Å². The molecule has 0 aliphatic rings. The topological polar surface area (TPSA) is 73.1 Å². The first-order valence-electron chi connectivity index (χ1n) is 6.50. The van der Waals surface area contributed by atoms with E-state index >= 15 is 0 Å². The summed E-state index contributed by atoms with van der Waals surface area (Å²) in [4.78, 5) is 0.884. The molecule has 5 nitrogen and oxygen atoms in total. The smallest absolute Gasteiger partial charge is 0.165 e. The lowest BCUT2D eigenvalue weighted by Gasteiger charge is -2.21. The molecule has 0 radical (unpaired) electrons. The molecule has 0 fully saturated rings. The molecular weight excluding hydrogens is 291 g/mol. The van der Waals surface area contributed by atoms with Crippen molar-refractivity contribution in [3.63, 3.8) is 0 Å². The molecule has 114 valence electrons. The zero-order valence-corrected chi connectivity index (χ0v) is 13.3. The highest BCUT2D eigenvalue weighted by Gasteiger charge is 2.28. The van der Waals surface area contributed by atoms with Gasteiger partial charge in [-0.3, -0.25) is 5.84 Å². The number of nitrogens with zero attached hydrogens (tertiary/aromatic N) is 2. The number of nitrogens with two attached hydrogens (primary N) is 1. The quantitative estimate of drug-likeness (QED) is 0.670. The van der Waals surface area contributed by atoms with Crippen LogP contribution in [0.1, 0.15) is 42.9 Å². The van der Waals surface area contributed by atoms with Crippen LogP contribution in [0.15, 0.2) is 18.2 Å². The van der Waals surface area contributed by atoms with E-state index in [-0.39, 0.29) is 17.2 Å². The summed E-state index contributed by atoms with van der Waals surface area (Å²) < 4.78 is 22.9. The van der Waals surface area contributed by atoms with Gasteiger partial charge in [0, 0.05) is 5.41 Å². The molecule has 0 saturated heterocycles. The minimum absolute atomic E-state index is 0.164. The Morgan fingerprint density at radius 3 is 2.62 bits per heavy atom. The largest absolute Gasteiger partial charge is 0.494 e. The van der Waals surface area contributed by atoms with Gasteiger partial charge in [-0.15, -0.1) is 5.10 Å². The number of nitrogens with one attached hydrogen (secondary N) is 1. The van der Waals surface area contributed by atoms with Crippen LogP contribution in [-0.4, -0.2) is 16.7 Å². The summed E-state index contributed by atoms with van der Waals surface area (Å²) in [7, 11) is 1.43. The first-order chi connectivity index (χ1) is 9.88. The van der Waals surface area contributed by atoms with Gasteiger partial charge in [-0.1, -0.05) is 31.3 Å². The van der Waals surface area contributed by atoms with Crippen LogP contribution < -0.4 is 16.0 Å². The lowest BCUT2D eigenvalue weighted by Crippen LogP contribution is -2.30. The van der Waals surface area contributed by atoms with Crippen molar-refractivity contribution >= 4 is 11.5 Å². The van der Waals surface area contributed by atoms with Crippen LogP contribution in [-0.2, 0) is 5.41 Å². The molecule has 0 aliphatic heterocycles. The second-order valence-corrected chi connectivity index (χ2v) is 6.52. The standard InChI is InChI=1S/C14H19FN4OS/c1-14(2,3)13-12(21-19-18-13)11(17-16)8-5-6-10(20-4)9(15)7-8/h5-7,11,17H,16H2,1-4H3. The van der Waals surface area contributed by atoms with E-state index in [1.807, 2.05) is 0 Å². The zero-order valence-electron chi connectivity index (χ0n) is 12.5. The average Bonchev–Trinajstić information content (AvgIpc) is 2.89. The van der Waals surface area contributed by atoms with E-state index in [2.05, 4.69) is 35.8 Å². The highest BCUT2D eigenvalue weighted by Crippen LogP contribution is 2.34. The van der Waals surface area contributed by atoms with Crippen molar-refractivity contribution in [2.45, 2.75) is 32.2 Å². The number of aromatic nitrogens is 2. The summed E-state index contributed by atoms with van der Waals surface area (Å²) in [5, 5.41) is 4.19. The number of rotatable bonds is 4. The second-order valence-electron chi connectivity index (χ2n) is 5.73. The van der Waals surface area contributed by atoms with Crippen LogP contribution >= 0.6 is 11.5 Å². The van der Waals surface area contributed by atoms with Gasteiger partial charge in [-0.05, 0) is 29.2 Å². The Kier molecular flexibility index (Phi) is 4.55. The summed E-state index contributed by atoms with van der Waals surface area (Å²) in [5.74, 6) is 5.45. The van der Waals surface area contributed by atoms with Crippen LogP contribution in [0.25, 0.3) is 0 Å². The van der Waals surface area contributed by atoms with E-state index in [0.29, 0.717) is 5.56 Å². The van der Waals surface area contributed by atoms with E-state index in [0.717, 1.165) is 10.6 Å². The van der Waals surface area contributed by atoms with Crippen LogP contribution in [0.5, 0.6) is 5.75 Å². The first kappa shape index (κ1) is 15.8. The molecule has 1 atom stereocenters. The fourth-order valence-electron chi connectivity index (χ4n) is 2.09. The van der Waals surface area contributed by atoms with E-state index < -0.39 is 5.82 Å². The molecule has 3 N–H and O–H groups in total. The third-order valence-corrected chi connectivity index (χ3v) is 3.95. The Morgan fingerprint density at radius 2 is 2.10 bits per heavy atom. The fourth-order valence-corrected chi connectivity index (χ4v) is 3.05. The molecule has 0 saturated carbocycles. The number of hydrazine groups is 1. The van der Waals surface area contributed by atoms with Crippen molar-refractivity contribution in [2.75, 3.05) is 7.11 Å². The van der Waals surface area contributed by atoms with Gasteiger partial charge in [0.25, 0.3) is 0 Å². The molecular formula is C14H19FN4OS. The normalized spacial score (nSPS) is 13.2. The number of hydrogen-bond donors (Lipinski definition) is 2. The Balaban J connectivity index is 2.46. The number of methoxy groups -OCH3 is 1. The van der Waals surface area contributed by atoms with E-state index in [4.69, 9.17) is 10.6 Å². The van der Waals surface area contributed by atoms with Gasteiger partial charge in [-0.2, -0.15) is 0 Å². The van der Waals surface area contributed by atoms with Crippen LogP contribution in [0.4, 0.5) is 4.39 Å². The molecule has 1 heterocycles. The third-order valence-electron chi connectivity index (χ3n) is 3.16. The molecule has 1 aromatic carbocycles. The van der Waals surface area contributed by atoms with Gasteiger partial charge in [-0.25, -0.2) is 9.82 Å². The van der Waals surface area contributed by atoms with Crippen molar-refractivity contribution in [2.24, 2.45) is 5.84 Å². The zero-order chi connectivity index (χ0) is 15.6. The Labute approximate surface area is 127 Å². The second kappa shape index (κ2) is 6.05. The molecule has 0 aliphatic carbocycles. The number of halogens is 1. The predicted molar refractivity (Wildman–Crippen MR) is 80.7 cm³/mol.